The first-order valence-electron chi connectivity index (χ1n) is 16.4. The molecule has 0 aliphatic heterocycles. The number of hydrogen-bond acceptors (Lipinski definition) is 5. The number of carbonyl (C=O) groups excluding carboxylic acids is 3. The summed E-state index contributed by atoms with van der Waals surface area (Å²) in [5, 5.41) is 5.70. The van der Waals surface area contributed by atoms with Crippen LogP contribution in [0.5, 0.6) is 5.75 Å². The SMILES string of the molecule is CCCN(C(=O)CN(Cc1ccc(OCc2ccccc2)cc1)C(=O)C(Cc1cnc[nH]1)NC(=O)NCc1ccccc1)c1ccccc1. The number of urea groups is 1. The Kier molecular flexibility index (Phi) is 12.6. The van der Waals surface area contributed by atoms with E-state index in [1.54, 1.807) is 11.1 Å². The van der Waals surface area contributed by atoms with Gasteiger partial charge in [-0.1, -0.05) is 97.9 Å². The maximum atomic E-state index is 14.4. The van der Waals surface area contributed by atoms with Crippen LogP contribution in [-0.4, -0.2) is 51.8 Å². The molecule has 1 atom stereocenters. The van der Waals surface area contributed by atoms with Crippen molar-refractivity contribution in [1.29, 1.82) is 0 Å². The Hall–Kier alpha value is -5.90. The number of imidazole rings is 1. The average molecular weight is 659 g/mol. The molecule has 10 heteroatoms. The van der Waals surface area contributed by atoms with Gasteiger partial charge in [-0.05, 0) is 47.4 Å². The molecule has 5 aromatic rings. The second-order valence-corrected chi connectivity index (χ2v) is 11.6. The molecule has 0 radical (unpaired) electrons. The van der Waals surface area contributed by atoms with Crippen LogP contribution in [0, 0.1) is 0 Å². The molecule has 1 aromatic heterocycles. The number of nitrogens with zero attached hydrogens (tertiary/aromatic N) is 3. The van der Waals surface area contributed by atoms with Gasteiger partial charge in [-0.3, -0.25) is 9.59 Å². The zero-order valence-electron chi connectivity index (χ0n) is 27.6. The van der Waals surface area contributed by atoms with Gasteiger partial charge in [0.2, 0.25) is 11.8 Å². The summed E-state index contributed by atoms with van der Waals surface area (Å²) >= 11 is 0. The number of H-pyrrole nitrogens is 1. The normalized spacial score (nSPS) is 11.3. The molecule has 0 saturated carbocycles. The third-order valence-electron chi connectivity index (χ3n) is 7.88. The molecule has 0 aliphatic carbocycles. The highest BCUT2D eigenvalue weighted by atomic mass is 16.5. The Morgan fingerprint density at radius 3 is 2.10 bits per heavy atom. The first-order valence-corrected chi connectivity index (χ1v) is 16.4. The van der Waals surface area contributed by atoms with Crippen LogP contribution in [0.1, 0.15) is 35.7 Å². The van der Waals surface area contributed by atoms with E-state index in [-0.39, 0.29) is 25.4 Å². The van der Waals surface area contributed by atoms with E-state index in [9.17, 15) is 14.4 Å². The lowest BCUT2D eigenvalue weighted by Gasteiger charge is -2.30. The van der Waals surface area contributed by atoms with Gasteiger partial charge in [-0.2, -0.15) is 0 Å². The number of anilines is 1. The summed E-state index contributed by atoms with van der Waals surface area (Å²) in [5.74, 6) is 0.0680. The predicted molar refractivity (Wildman–Crippen MR) is 190 cm³/mol. The van der Waals surface area contributed by atoms with Crippen LogP contribution in [-0.2, 0) is 35.7 Å². The molecule has 0 bridgehead atoms. The quantitative estimate of drug-likeness (QED) is 0.123. The van der Waals surface area contributed by atoms with E-state index in [4.69, 9.17) is 4.74 Å². The lowest BCUT2D eigenvalue weighted by molar-refractivity contribution is -0.137. The number of aromatic nitrogens is 2. The van der Waals surface area contributed by atoms with Crippen LogP contribution < -0.4 is 20.3 Å². The molecule has 0 saturated heterocycles. The highest BCUT2D eigenvalue weighted by Crippen LogP contribution is 2.19. The largest absolute Gasteiger partial charge is 0.489 e. The Bertz CT molecular complexity index is 1730. The van der Waals surface area contributed by atoms with Crippen molar-refractivity contribution in [2.24, 2.45) is 0 Å². The molecular formula is C39H42N6O4. The average Bonchev–Trinajstić information content (AvgIpc) is 3.66. The molecule has 5 rings (SSSR count). The lowest BCUT2D eigenvalue weighted by atomic mass is 10.1. The minimum absolute atomic E-state index is 0.144. The van der Waals surface area contributed by atoms with E-state index in [1.165, 1.54) is 11.2 Å². The molecule has 1 heterocycles. The number of carbonyl (C=O) groups is 3. The number of nitrogens with one attached hydrogen (secondary N) is 3. The van der Waals surface area contributed by atoms with Gasteiger partial charge in [0.25, 0.3) is 0 Å². The van der Waals surface area contributed by atoms with Gasteiger partial charge in [0.05, 0.1) is 6.33 Å². The number of aromatic amines is 1. The standard InChI is InChI=1S/C39H42N6O4/c1-2-22-45(34-16-10-5-11-17-34)37(46)27-44(26-31-18-20-35(21-19-31)49-28-32-14-8-4-9-15-32)38(47)36(23-33-25-40-29-42-33)43-39(48)41-24-30-12-6-3-7-13-30/h3-21,25,29,36H,2,22-24,26-28H2,1H3,(H,40,42)(H2,41,43,48). The number of rotatable bonds is 16. The number of para-hydroxylation sites is 1. The van der Waals surface area contributed by atoms with Crippen molar-refractivity contribution < 1.29 is 19.1 Å². The first-order chi connectivity index (χ1) is 24.0. The van der Waals surface area contributed by atoms with E-state index >= 15 is 0 Å². The minimum atomic E-state index is -0.978. The van der Waals surface area contributed by atoms with Crippen LogP contribution in [0.2, 0.25) is 0 Å². The lowest BCUT2D eigenvalue weighted by Crippen LogP contribution is -2.54. The van der Waals surface area contributed by atoms with Crippen molar-refractivity contribution in [3.8, 4) is 5.75 Å². The van der Waals surface area contributed by atoms with Gasteiger partial charge in [0, 0.05) is 43.6 Å². The first kappa shape index (κ1) is 34.4. The molecule has 0 aliphatic rings. The third kappa shape index (κ3) is 10.6. The van der Waals surface area contributed by atoms with Gasteiger partial charge in [-0.25, -0.2) is 9.78 Å². The van der Waals surface area contributed by atoms with E-state index in [0.717, 1.165) is 28.8 Å². The van der Waals surface area contributed by atoms with Crippen LogP contribution in [0.4, 0.5) is 10.5 Å². The van der Waals surface area contributed by atoms with Crippen LogP contribution in [0.25, 0.3) is 0 Å². The molecule has 4 aromatic carbocycles. The summed E-state index contributed by atoms with van der Waals surface area (Å²) in [6.45, 7) is 3.18. The fourth-order valence-corrected chi connectivity index (χ4v) is 5.37. The number of ether oxygens (including phenoxy) is 1. The fourth-order valence-electron chi connectivity index (χ4n) is 5.37. The summed E-state index contributed by atoms with van der Waals surface area (Å²) in [6.07, 6.45) is 4.04. The smallest absolute Gasteiger partial charge is 0.315 e. The Labute approximate surface area is 287 Å². The Morgan fingerprint density at radius 2 is 1.47 bits per heavy atom. The van der Waals surface area contributed by atoms with Gasteiger partial charge < -0.3 is 30.2 Å². The van der Waals surface area contributed by atoms with Crippen LogP contribution >= 0.6 is 0 Å². The molecule has 0 spiro atoms. The monoisotopic (exact) mass is 658 g/mol. The Morgan fingerprint density at radius 1 is 0.816 bits per heavy atom. The number of hydrogen-bond donors (Lipinski definition) is 3. The van der Waals surface area contributed by atoms with E-state index < -0.39 is 18.0 Å². The summed E-state index contributed by atoms with van der Waals surface area (Å²) < 4.78 is 5.96. The van der Waals surface area contributed by atoms with Crippen molar-refractivity contribution in [3.63, 3.8) is 0 Å². The van der Waals surface area contributed by atoms with Crippen molar-refractivity contribution in [2.75, 3.05) is 18.0 Å². The zero-order chi connectivity index (χ0) is 34.3. The summed E-state index contributed by atoms with van der Waals surface area (Å²) in [7, 11) is 0. The van der Waals surface area contributed by atoms with E-state index in [2.05, 4.69) is 20.6 Å². The van der Waals surface area contributed by atoms with Gasteiger partial charge in [-0.15, -0.1) is 0 Å². The maximum absolute atomic E-state index is 14.4. The fraction of sp³-hybridized carbons (Fsp3) is 0.231. The molecule has 1 unspecified atom stereocenters. The second-order valence-electron chi connectivity index (χ2n) is 11.6. The van der Waals surface area contributed by atoms with Crippen molar-refractivity contribution >= 4 is 23.5 Å². The zero-order valence-corrected chi connectivity index (χ0v) is 27.6. The number of benzene rings is 4. The predicted octanol–water partition coefficient (Wildman–Crippen LogP) is 5.87. The molecular weight excluding hydrogens is 616 g/mol. The van der Waals surface area contributed by atoms with Crippen molar-refractivity contribution in [1.82, 2.24) is 25.5 Å². The molecule has 49 heavy (non-hydrogen) atoms. The molecule has 3 N–H and O–H groups in total. The summed E-state index contributed by atoms with van der Waals surface area (Å²) in [4.78, 5) is 51.8. The summed E-state index contributed by atoms with van der Waals surface area (Å²) in [6, 6.07) is 34.9. The van der Waals surface area contributed by atoms with Gasteiger partial charge in [0.15, 0.2) is 0 Å². The highest BCUT2D eigenvalue weighted by Gasteiger charge is 2.30. The third-order valence-corrected chi connectivity index (χ3v) is 7.88. The van der Waals surface area contributed by atoms with E-state index in [0.29, 0.717) is 31.1 Å². The van der Waals surface area contributed by atoms with Gasteiger partial charge in [0.1, 0.15) is 24.9 Å². The number of amides is 4. The summed E-state index contributed by atoms with van der Waals surface area (Å²) in [5.41, 5.74) is 4.22. The van der Waals surface area contributed by atoms with Crippen molar-refractivity contribution in [3.05, 3.63) is 150 Å². The topological polar surface area (TPSA) is 120 Å². The molecule has 252 valence electrons. The highest BCUT2D eigenvalue weighted by molar-refractivity contribution is 5.97. The molecule has 0 fully saturated rings. The second kappa shape index (κ2) is 17.9. The molecule has 4 amide bonds. The Balaban J connectivity index is 1.36. The minimum Gasteiger partial charge on any atom is -0.489 e. The van der Waals surface area contributed by atoms with E-state index in [1.807, 2.05) is 122 Å². The van der Waals surface area contributed by atoms with Gasteiger partial charge >= 0.3 is 6.03 Å². The van der Waals surface area contributed by atoms with Crippen LogP contribution in [0.15, 0.2) is 128 Å². The maximum Gasteiger partial charge on any atom is 0.315 e. The molecule has 10 nitrogen and oxygen atoms in total. The van der Waals surface area contributed by atoms with Crippen LogP contribution in [0.3, 0.4) is 0 Å². The van der Waals surface area contributed by atoms with Crippen molar-refractivity contribution in [2.45, 2.75) is 45.5 Å².